The average Bonchev–Trinajstić information content (AvgIpc) is 3.08. The van der Waals surface area contributed by atoms with Crippen LogP contribution in [0.1, 0.15) is 18.4 Å². The smallest absolute Gasteiger partial charge is 0.241 e. The van der Waals surface area contributed by atoms with Gasteiger partial charge in [-0.1, -0.05) is 23.7 Å². The molecule has 0 radical (unpaired) electrons. The zero-order chi connectivity index (χ0) is 17.4. The van der Waals surface area contributed by atoms with E-state index in [4.69, 9.17) is 16.3 Å². The van der Waals surface area contributed by atoms with Crippen molar-refractivity contribution in [3.63, 3.8) is 0 Å². The van der Waals surface area contributed by atoms with Crippen molar-refractivity contribution in [3.05, 3.63) is 34.9 Å². The number of carbonyl (C=O) groups excluding carboxylic acids is 1. The Morgan fingerprint density at radius 1 is 1.33 bits per heavy atom. The Kier molecular flexibility index (Phi) is 7.34. The van der Waals surface area contributed by atoms with Gasteiger partial charge in [0.05, 0.1) is 19.2 Å². The number of likely N-dealkylation sites (N-methyl/N-ethyl adjacent to an activating group) is 1. The summed E-state index contributed by atoms with van der Waals surface area (Å²) in [5.74, 6) is 0.601. The molecule has 1 aliphatic heterocycles. The van der Waals surface area contributed by atoms with Crippen molar-refractivity contribution in [2.45, 2.75) is 25.5 Å². The van der Waals surface area contributed by atoms with E-state index < -0.39 is 0 Å². The first kappa shape index (κ1) is 18.5. The lowest BCUT2D eigenvalue weighted by atomic mass is 10.2. The molecule has 0 aliphatic carbocycles. The maximum atomic E-state index is 11.8. The Morgan fingerprint density at radius 3 is 2.71 bits per heavy atom. The fourth-order valence-corrected chi connectivity index (χ4v) is 2.39. The maximum absolute atomic E-state index is 11.8. The molecule has 1 atom stereocenters. The Hall–Kier alpha value is -1.79. The highest BCUT2D eigenvalue weighted by molar-refractivity contribution is 6.30. The third kappa shape index (κ3) is 6.37. The van der Waals surface area contributed by atoms with Crippen molar-refractivity contribution in [2.24, 2.45) is 4.99 Å². The lowest BCUT2D eigenvalue weighted by molar-refractivity contribution is -0.127. The number of rotatable bonds is 6. The van der Waals surface area contributed by atoms with E-state index in [0.29, 0.717) is 24.1 Å². The number of hydrogen-bond donors (Lipinski definition) is 2. The van der Waals surface area contributed by atoms with Gasteiger partial charge in [0.25, 0.3) is 0 Å². The van der Waals surface area contributed by atoms with Gasteiger partial charge < -0.3 is 20.3 Å². The average molecular weight is 353 g/mol. The van der Waals surface area contributed by atoms with Gasteiger partial charge in [-0.15, -0.1) is 0 Å². The molecule has 132 valence electrons. The zero-order valence-corrected chi connectivity index (χ0v) is 15.0. The number of ether oxygens (including phenoxy) is 1. The molecule has 0 bridgehead atoms. The molecule has 1 aromatic rings. The molecule has 2 N–H and O–H groups in total. The van der Waals surface area contributed by atoms with E-state index in [1.54, 1.807) is 19.0 Å². The van der Waals surface area contributed by atoms with Crippen LogP contribution in [0.15, 0.2) is 29.3 Å². The van der Waals surface area contributed by atoms with Gasteiger partial charge in [0, 0.05) is 32.3 Å². The summed E-state index contributed by atoms with van der Waals surface area (Å²) in [6, 6.07) is 7.56. The van der Waals surface area contributed by atoms with Gasteiger partial charge >= 0.3 is 0 Å². The van der Waals surface area contributed by atoms with Crippen LogP contribution < -0.4 is 10.6 Å². The first-order chi connectivity index (χ1) is 11.5. The molecular weight excluding hydrogens is 328 g/mol. The highest BCUT2D eigenvalue weighted by Gasteiger charge is 2.16. The lowest BCUT2D eigenvalue weighted by Crippen LogP contribution is -2.45. The quantitative estimate of drug-likeness (QED) is 0.603. The maximum Gasteiger partial charge on any atom is 0.241 e. The van der Waals surface area contributed by atoms with Crippen LogP contribution in [0.4, 0.5) is 0 Å². The first-order valence-electron chi connectivity index (χ1n) is 8.13. The minimum absolute atomic E-state index is 0.00638. The van der Waals surface area contributed by atoms with Crippen molar-refractivity contribution in [1.29, 1.82) is 0 Å². The SMILES string of the molecule is CN(C)C(=O)CNC(=NCc1ccc(Cl)cc1)NCC1CCCO1. The summed E-state index contributed by atoms with van der Waals surface area (Å²) in [5.41, 5.74) is 1.05. The Bertz CT molecular complexity index is 554. The van der Waals surface area contributed by atoms with Gasteiger partial charge in [-0.2, -0.15) is 0 Å². The number of halogens is 1. The molecule has 1 fully saturated rings. The Balaban J connectivity index is 1.92. The summed E-state index contributed by atoms with van der Waals surface area (Å²) in [4.78, 5) is 17.8. The summed E-state index contributed by atoms with van der Waals surface area (Å²) in [5, 5.41) is 7.03. The van der Waals surface area contributed by atoms with Crippen LogP contribution >= 0.6 is 11.6 Å². The van der Waals surface area contributed by atoms with Crippen LogP contribution in [0.3, 0.4) is 0 Å². The number of amides is 1. The second-order valence-corrected chi connectivity index (χ2v) is 6.39. The number of carbonyl (C=O) groups is 1. The molecule has 6 nitrogen and oxygen atoms in total. The van der Waals surface area contributed by atoms with Gasteiger partial charge in [0.15, 0.2) is 5.96 Å². The standard InChI is InChI=1S/C17H25ClN4O2/c1-22(2)16(23)12-21-17(20-11-15-4-3-9-24-15)19-10-13-5-7-14(18)8-6-13/h5-8,15H,3-4,9-12H2,1-2H3,(H2,19,20,21). The number of hydrogen-bond acceptors (Lipinski definition) is 3. The third-order valence-corrected chi connectivity index (χ3v) is 4.01. The molecule has 0 saturated carbocycles. The molecule has 1 aliphatic rings. The van der Waals surface area contributed by atoms with Crippen molar-refractivity contribution in [1.82, 2.24) is 15.5 Å². The molecule has 1 unspecified atom stereocenters. The van der Waals surface area contributed by atoms with Crippen LogP contribution in [0.2, 0.25) is 5.02 Å². The lowest BCUT2D eigenvalue weighted by Gasteiger charge is -2.17. The van der Waals surface area contributed by atoms with E-state index in [9.17, 15) is 4.79 Å². The molecule has 1 amide bonds. The van der Waals surface area contributed by atoms with Crippen molar-refractivity contribution >= 4 is 23.5 Å². The molecule has 7 heteroatoms. The Labute approximate surface area is 148 Å². The van der Waals surface area contributed by atoms with Crippen molar-refractivity contribution in [3.8, 4) is 0 Å². The van der Waals surface area contributed by atoms with E-state index in [-0.39, 0.29) is 18.6 Å². The molecule has 2 rings (SSSR count). The second-order valence-electron chi connectivity index (χ2n) is 5.95. The van der Waals surface area contributed by atoms with Crippen LogP contribution in [0, 0.1) is 0 Å². The monoisotopic (exact) mass is 352 g/mol. The summed E-state index contributed by atoms with van der Waals surface area (Å²) in [6.07, 6.45) is 2.35. The molecule has 24 heavy (non-hydrogen) atoms. The van der Waals surface area contributed by atoms with Crippen LogP contribution in [-0.4, -0.2) is 56.7 Å². The van der Waals surface area contributed by atoms with Crippen LogP contribution in [-0.2, 0) is 16.1 Å². The normalized spacial score (nSPS) is 17.6. The fraction of sp³-hybridized carbons (Fsp3) is 0.529. The van der Waals surface area contributed by atoms with E-state index in [0.717, 1.165) is 25.0 Å². The van der Waals surface area contributed by atoms with Crippen molar-refractivity contribution < 1.29 is 9.53 Å². The minimum atomic E-state index is -0.00638. The van der Waals surface area contributed by atoms with E-state index in [1.165, 1.54) is 0 Å². The van der Waals surface area contributed by atoms with Gasteiger partial charge in [-0.05, 0) is 30.5 Å². The molecule has 0 aromatic heterocycles. The molecule has 1 saturated heterocycles. The summed E-state index contributed by atoms with van der Waals surface area (Å²) >= 11 is 5.89. The summed E-state index contributed by atoms with van der Waals surface area (Å²) in [7, 11) is 3.46. The topological polar surface area (TPSA) is 66.0 Å². The highest BCUT2D eigenvalue weighted by atomic mass is 35.5. The van der Waals surface area contributed by atoms with Gasteiger partial charge in [-0.25, -0.2) is 4.99 Å². The first-order valence-corrected chi connectivity index (χ1v) is 8.51. The predicted octanol–water partition coefficient (Wildman–Crippen LogP) is 1.64. The van der Waals surface area contributed by atoms with Crippen LogP contribution in [0.5, 0.6) is 0 Å². The Morgan fingerprint density at radius 2 is 2.08 bits per heavy atom. The third-order valence-electron chi connectivity index (χ3n) is 3.76. The predicted molar refractivity (Wildman–Crippen MR) is 96.3 cm³/mol. The van der Waals surface area contributed by atoms with Crippen LogP contribution in [0.25, 0.3) is 0 Å². The van der Waals surface area contributed by atoms with Gasteiger partial charge in [0.2, 0.25) is 5.91 Å². The zero-order valence-electron chi connectivity index (χ0n) is 14.2. The van der Waals surface area contributed by atoms with E-state index in [2.05, 4.69) is 15.6 Å². The number of aliphatic imine (C=N–C) groups is 1. The van der Waals surface area contributed by atoms with Gasteiger partial charge in [0.1, 0.15) is 0 Å². The number of nitrogens with one attached hydrogen (secondary N) is 2. The van der Waals surface area contributed by atoms with Crippen molar-refractivity contribution in [2.75, 3.05) is 33.8 Å². The van der Waals surface area contributed by atoms with E-state index in [1.807, 2.05) is 24.3 Å². The molecule has 1 heterocycles. The van der Waals surface area contributed by atoms with E-state index >= 15 is 0 Å². The molecule has 1 aromatic carbocycles. The summed E-state index contributed by atoms with van der Waals surface area (Å²) < 4.78 is 5.61. The second kappa shape index (κ2) is 9.49. The number of nitrogens with zero attached hydrogens (tertiary/aromatic N) is 2. The summed E-state index contributed by atoms with van der Waals surface area (Å²) in [6.45, 7) is 2.21. The van der Waals surface area contributed by atoms with Gasteiger partial charge in [-0.3, -0.25) is 4.79 Å². The molecular formula is C17H25ClN4O2. The molecule has 0 spiro atoms. The number of guanidine groups is 1. The number of benzene rings is 1. The fourth-order valence-electron chi connectivity index (χ4n) is 2.27. The minimum Gasteiger partial charge on any atom is -0.376 e. The largest absolute Gasteiger partial charge is 0.376 e. The highest BCUT2D eigenvalue weighted by Crippen LogP contribution is 2.11.